The molecule has 2 rings (SSSR count). The lowest BCUT2D eigenvalue weighted by atomic mass is 10.1. The van der Waals surface area contributed by atoms with Crippen molar-refractivity contribution in [2.24, 2.45) is 0 Å². The Balaban J connectivity index is 2.31. The summed E-state index contributed by atoms with van der Waals surface area (Å²) in [6.07, 6.45) is 2.07. The highest BCUT2D eigenvalue weighted by Crippen LogP contribution is 2.42. The van der Waals surface area contributed by atoms with Crippen molar-refractivity contribution in [1.82, 2.24) is 4.90 Å². The van der Waals surface area contributed by atoms with Crippen LogP contribution in [0.3, 0.4) is 0 Å². The number of likely N-dealkylation sites (N-methyl/N-ethyl adjacent to an activating group) is 1. The van der Waals surface area contributed by atoms with Gasteiger partial charge in [-0.2, -0.15) is 11.8 Å². The third-order valence-corrected chi connectivity index (χ3v) is 4.46. The van der Waals surface area contributed by atoms with Crippen LogP contribution in [0.4, 0.5) is 4.79 Å². The molecule has 2 atom stereocenters. The van der Waals surface area contributed by atoms with E-state index in [4.69, 9.17) is 0 Å². The lowest BCUT2D eigenvalue weighted by Crippen LogP contribution is -2.41. The lowest BCUT2D eigenvalue weighted by molar-refractivity contribution is 0.128. The van der Waals surface area contributed by atoms with Gasteiger partial charge >= 0.3 is 6.09 Å². The SMILES string of the molecule is CCN(C(=O)O)[C@@H]1Cc2ccccc2[C@H]1SC. The van der Waals surface area contributed by atoms with Crippen LogP contribution in [-0.2, 0) is 6.42 Å². The maximum absolute atomic E-state index is 11.2. The van der Waals surface area contributed by atoms with Crippen molar-refractivity contribution in [1.29, 1.82) is 0 Å². The molecule has 92 valence electrons. The fourth-order valence-electron chi connectivity index (χ4n) is 2.61. The summed E-state index contributed by atoms with van der Waals surface area (Å²) in [4.78, 5) is 12.8. The highest BCUT2D eigenvalue weighted by atomic mass is 32.2. The summed E-state index contributed by atoms with van der Waals surface area (Å²) in [6.45, 7) is 2.44. The normalized spacial score (nSPS) is 22.2. The molecule has 0 aliphatic heterocycles. The number of rotatable bonds is 3. The van der Waals surface area contributed by atoms with Crippen LogP contribution >= 0.6 is 11.8 Å². The zero-order chi connectivity index (χ0) is 12.4. The van der Waals surface area contributed by atoms with Crippen molar-refractivity contribution in [3.63, 3.8) is 0 Å². The van der Waals surface area contributed by atoms with Gasteiger partial charge in [0.15, 0.2) is 0 Å². The van der Waals surface area contributed by atoms with E-state index in [0.29, 0.717) is 6.54 Å². The Labute approximate surface area is 106 Å². The highest BCUT2D eigenvalue weighted by molar-refractivity contribution is 7.98. The molecule has 0 heterocycles. The van der Waals surface area contributed by atoms with Crippen LogP contribution in [-0.4, -0.2) is 34.9 Å². The minimum absolute atomic E-state index is 0.0740. The molecule has 1 aliphatic rings. The van der Waals surface area contributed by atoms with E-state index in [9.17, 15) is 9.90 Å². The van der Waals surface area contributed by atoms with Crippen molar-refractivity contribution in [2.75, 3.05) is 12.8 Å². The average Bonchev–Trinajstić information content (AvgIpc) is 2.67. The Kier molecular flexibility index (Phi) is 3.62. The number of carboxylic acid groups (broad SMARTS) is 1. The highest BCUT2D eigenvalue weighted by Gasteiger charge is 2.37. The molecule has 1 N–H and O–H groups in total. The van der Waals surface area contributed by atoms with Gasteiger partial charge in [-0.15, -0.1) is 0 Å². The minimum Gasteiger partial charge on any atom is -0.465 e. The number of carbonyl (C=O) groups is 1. The molecule has 0 unspecified atom stereocenters. The molecule has 0 aromatic heterocycles. The lowest BCUT2D eigenvalue weighted by Gasteiger charge is -2.29. The first kappa shape index (κ1) is 12.3. The Hall–Kier alpha value is -1.16. The molecule has 1 amide bonds. The van der Waals surface area contributed by atoms with Gasteiger partial charge in [0.25, 0.3) is 0 Å². The summed E-state index contributed by atoms with van der Waals surface area (Å²) in [6, 6.07) is 8.35. The van der Waals surface area contributed by atoms with Crippen molar-refractivity contribution in [3.05, 3.63) is 35.4 Å². The standard InChI is InChI=1S/C13H17NO2S/c1-3-14(13(15)16)11-8-9-6-4-5-7-10(9)12(11)17-2/h4-7,11-12H,3,8H2,1-2H3,(H,15,16)/t11-,12-/m1/s1. The van der Waals surface area contributed by atoms with Crippen molar-refractivity contribution < 1.29 is 9.90 Å². The Morgan fingerprint density at radius 2 is 2.24 bits per heavy atom. The molecule has 1 aromatic rings. The van der Waals surface area contributed by atoms with Crippen LogP contribution in [0.15, 0.2) is 24.3 Å². The molecule has 3 nitrogen and oxygen atoms in total. The quantitative estimate of drug-likeness (QED) is 0.897. The number of hydrogen-bond donors (Lipinski definition) is 1. The molecule has 0 bridgehead atoms. The zero-order valence-corrected chi connectivity index (χ0v) is 10.9. The van der Waals surface area contributed by atoms with E-state index in [-0.39, 0.29) is 11.3 Å². The third kappa shape index (κ3) is 2.14. The smallest absolute Gasteiger partial charge is 0.407 e. The van der Waals surface area contributed by atoms with Crippen LogP contribution in [0.25, 0.3) is 0 Å². The van der Waals surface area contributed by atoms with Crippen LogP contribution in [0.2, 0.25) is 0 Å². The van der Waals surface area contributed by atoms with Crippen molar-refractivity contribution in [2.45, 2.75) is 24.6 Å². The number of amides is 1. The summed E-state index contributed by atoms with van der Waals surface area (Å²) in [7, 11) is 0. The van der Waals surface area contributed by atoms with Crippen molar-refractivity contribution in [3.8, 4) is 0 Å². The fourth-order valence-corrected chi connectivity index (χ4v) is 3.65. The van der Waals surface area contributed by atoms with E-state index < -0.39 is 6.09 Å². The molecular formula is C13H17NO2S. The zero-order valence-electron chi connectivity index (χ0n) is 10.1. The van der Waals surface area contributed by atoms with Gasteiger partial charge in [-0.1, -0.05) is 24.3 Å². The second-order valence-electron chi connectivity index (χ2n) is 4.20. The molecule has 1 aliphatic carbocycles. The van der Waals surface area contributed by atoms with Gasteiger partial charge in [0.2, 0.25) is 0 Å². The molecule has 1 aromatic carbocycles. The first-order chi connectivity index (χ1) is 8.19. The largest absolute Gasteiger partial charge is 0.465 e. The predicted molar refractivity (Wildman–Crippen MR) is 70.6 cm³/mol. The average molecular weight is 251 g/mol. The number of benzene rings is 1. The second kappa shape index (κ2) is 5.00. The molecule has 0 spiro atoms. The first-order valence-electron chi connectivity index (χ1n) is 5.79. The monoisotopic (exact) mass is 251 g/mol. The number of thioether (sulfide) groups is 1. The molecule has 4 heteroatoms. The summed E-state index contributed by atoms with van der Waals surface area (Å²) in [5.41, 5.74) is 2.58. The van der Waals surface area contributed by atoms with E-state index >= 15 is 0 Å². The fraction of sp³-hybridized carbons (Fsp3) is 0.462. The summed E-state index contributed by atoms with van der Waals surface area (Å²) in [5, 5.41) is 9.51. The number of hydrogen-bond acceptors (Lipinski definition) is 2. The van der Waals surface area contributed by atoms with E-state index in [1.54, 1.807) is 16.7 Å². The van der Waals surface area contributed by atoms with Gasteiger partial charge in [-0.25, -0.2) is 4.79 Å². The molecular weight excluding hydrogens is 234 g/mol. The number of fused-ring (bicyclic) bond motifs is 1. The van der Waals surface area contributed by atoms with Crippen LogP contribution in [0.5, 0.6) is 0 Å². The Morgan fingerprint density at radius 1 is 1.53 bits per heavy atom. The van der Waals surface area contributed by atoms with Gasteiger partial charge in [-0.3, -0.25) is 0 Å². The van der Waals surface area contributed by atoms with Gasteiger partial charge in [0, 0.05) is 6.54 Å². The van der Waals surface area contributed by atoms with Crippen LogP contribution in [0.1, 0.15) is 23.3 Å². The van der Waals surface area contributed by atoms with Gasteiger partial charge < -0.3 is 10.0 Å². The maximum Gasteiger partial charge on any atom is 0.407 e. The van der Waals surface area contributed by atoms with E-state index in [2.05, 4.69) is 18.4 Å². The maximum atomic E-state index is 11.2. The molecule has 0 fully saturated rings. The number of nitrogens with zero attached hydrogens (tertiary/aromatic N) is 1. The van der Waals surface area contributed by atoms with Gasteiger partial charge in [0.05, 0.1) is 11.3 Å². The second-order valence-corrected chi connectivity index (χ2v) is 5.17. The summed E-state index contributed by atoms with van der Waals surface area (Å²) in [5.74, 6) is 0. The molecule has 17 heavy (non-hydrogen) atoms. The van der Waals surface area contributed by atoms with E-state index in [1.807, 2.05) is 19.1 Å². The predicted octanol–water partition coefficient (Wildman–Crippen LogP) is 3.02. The Bertz CT molecular complexity index is 422. The van der Waals surface area contributed by atoms with E-state index in [1.165, 1.54) is 11.1 Å². The van der Waals surface area contributed by atoms with Crippen LogP contribution < -0.4 is 0 Å². The molecule has 0 saturated carbocycles. The van der Waals surface area contributed by atoms with Gasteiger partial charge in [0.1, 0.15) is 0 Å². The first-order valence-corrected chi connectivity index (χ1v) is 7.08. The van der Waals surface area contributed by atoms with E-state index in [0.717, 1.165) is 6.42 Å². The third-order valence-electron chi connectivity index (χ3n) is 3.38. The Morgan fingerprint density at radius 3 is 2.82 bits per heavy atom. The summed E-state index contributed by atoms with van der Waals surface area (Å²) >= 11 is 1.74. The molecule has 0 saturated heterocycles. The van der Waals surface area contributed by atoms with Crippen molar-refractivity contribution >= 4 is 17.9 Å². The van der Waals surface area contributed by atoms with Crippen LogP contribution in [0, 0.1) is 0 Å². The topological polar surface area (TPSA) is 40.5 Å². The minimum atomic E-state index is -0.815. The van der Waals surface area contributed by atoms with Gasteiger partial charge in [-0.05, 0) is 30.7 Å². The molecule has 0 radical (unpaired) electrons. The summed E-state index contributed by atoms with van der Waals surface area (Å²) < 4.78 is 0.